The van der Waals surface area contributed by atoms with Gasteiger partial charge in [-0.25, -0.2) is 4.39 Å². The molecule has 1 heterocycles. The lowest BCUT2D eigenvalue weighted by molar-refractivity contribution is -0.135. The predicted molar refractivity (Wildman–Crippen MR) is 91.5 cm³/mol. The molecule has 1 aromatic rings. The maximum absolute atomic E-state index is 13.4. The molecule has 2 N–H and O–H groups in total. The molecule has 6 nitrogen and oxygen atoms in total. The molecule has 1 saturated heterocycles. The Morgan fingerprint density at radius 3 is 2.68 bits per heavy atom. The first-order chi connectivity index (χ1) is 12.0. The summed E-state index contributed by atoms with van der Waals surface area (Å²) in [5.41, 5.74) is 0.719. The van der Waals surface area contributed by atoms with Gasteiger partial charge in [0.2, 0.25) is 11.8 Å². The first kappa shape index (κ1) is 18.9. The van der Waals surface area contributed by atoms with Gasteiger partial charge >= 0.3 is 0 Å². The van der Waals surface area contributed by atoms with Crippen LogP contribution in [0.2, 0.25) is 0 Å². The summed E-state index contributed by atoms with van der Waals surface area (Å²) in [6, 6.07) is 4.29. The number of hydrogen-bond donors (Lipinski definition) is 2. The fourth-order valence-corrected chi connectivity index (χ4v) is 2.65. The van der Waals surface area contributed by atoms with Crippen molar-refractivity contribution in [3.8, 4) is 0 Å². The molecule has 7 heteroatoms. The van der Waals surface area contributed by atoms with Crippen molar-refractivity contribution in [2.75, 3.05) is 26.2 Å². The molecule has 136 valence electrons. The van der Waals surface area contributed by atoms with Gasteiger partial charge in [0.05, 0.1) is 6.54 Å². The summed E-state index contributed by atoms with van der Waals surface area (Å²) in [7, 11) is 0. The largest absolute Gasteiger partial charge is 0.353 e. The fourth-order valence-electron chi connectivity index (χ4n) is 2.65. The standard InChI is InChI=1S/C18H24FN3O3/c1-13-6-7-14(11-15(13)19)18(25)21-9-8-20-16(23)12-22-10-4-2-3-5-17(22)24/h6-7,11H,2-5,8-10,12H2,1H3,(H,20,23)(H,21,25). The van der Waals surface area contributed by atoms with E-state index in [-0.39, 0.29) is 37.0 Å². The Morgan fingerprint density at radius 1 is 1.16 bits per heavy atom. The molecule has 1 fully saturated rings. The van der Waals surface area contributed by atoms with Crippen LogP contribution in [-0.2, 0) is 9.59 Å². The summed E-state index contributed by atoms with van der Waals surface area (Å²) in [6.45, 7) is 2.77. The number of carbonyl (C=O) groups is 3. The third-order valence-corrected chi connectivity index (χ3v) is 4.17. The zero-order valence-electron chi connectivity index (χ0n) is 14.4. The summed E-state index contributed by atoms with van der Waals surface area (Å²) in [5, 5.41) is 5.30. The zero-order chi connectivity index (χ0) is 18.2. The van der Waals surface area contributed by atoms with Gasteiger partial charge in [-0.1, -0.05) is 12.5 Å². The quantitative estimate of drug-likeness (QED) is 0.762. The number of nitrogens with one attached hydrogen (secondary N) is 2. The van der Waals surface area contributed by atoms with Crippen LogP contribution in [0.15, 0.2) is 18.2 Å². The Hall–Kier alpha value is -2.44. The second kappa shape index (κ2) is 9.15. The van der Waals surface area contributed by atoms with Gasteiger partial charge in [-0.05, 0) is 37.5 Å². The van der Waals surface area contributed by atoms with E-state index >= 15 is 0 Å². The molecule has 1 aromatic carbocycles. The Labute approximate surface area is 146 Å². The van der Waals surface area contributed by atoms with Crippen LogP contribution < -0.4 is 10.6 Å². The number of aryl methyl sites for hydroxylation is 1. The third-order valence-electron chi connectivity index (χ3n) is 4.17. The summed E-state index contributed by atoms with van der Waals surface area (Å²) < 4.78 is 13.4. The van der Waals surface area contributed by atoms with Crippen LogP contribution in [0.25, 0.3) is 0 Å². The number of carbonyl (C=O) groups excluding carboxylic acids is 3. The lowest BCUT2D eigenvalue weighted by Crippen LogP contribution is -2.42. The molecule has 0 atom stereocenters. The van der Waals surface area contributed by atoms with Crippen molar-refractivity contribution in [1.82, 2.24) is 15.5 Å². The first-order valence-electron chi connectivity index (χ1n) is 8.56. The van der Waals surface area contributed by atoms with Crippen molar-refractivity contribution in [3.63, 3.8) is 0 Å². The van der Waals surface area contributed by atoms with E-state index in [4.69, 9.17) is 0 Å². The van der Waals surface area contributed by atoms with Crippen molar-refractivity contribution >= 4 is 17.7 Å². The van der Waals surface area contributed by atoms with Crippen LogP contribution in [0.4, 0.5) is 4.39 Å². The van der Waals surface area contributed by atoms with Crippen LogP contribution in [-0.4, -0.2) is 48.8 Å². The van der Waals surface area contributed by atoms with Crippen molar-refractivity contribution in [3.05, 3.63) is 35.1 Å². The van der Waals surface area contributed by atoms with Crippen LogP contribution >= 0.6 is 0 Å². The minimum absolute atomic E-state index is 0.0161. The van der Waals surface area contributed by atoms with Gasteiger partial charge in [-0.2, -0.15) is 0 Å². The number of nitrogens with zero attached hydrogens (tertiary/aromatic N) is 1. The SMILES string of the molecule is Cc1ccc(C(=O)NCCNC(=O)CN2CCCCCC2=O)cc1F. The molecule has 3 amide bonds. The molecule has 0 bridgehead atoms. The molecule has 1 aliphatic heterocycles. The first-order valence-corrected chi connectivity index (χ1v) is 8.56. The number of rotatable bonds is 6. The number of hydrogen-bond acceptors (Lipinski definition) is 3. The van der Waals surface area contributed by atoms with E-state index in [1.165, 1.54) is 6.07 Å². The van der Waals surface area contributed by atoms with E-state index in [2.05, 4.69) is 10.6 Å². The third kappa shape index (κ3) is 5.85. The van der Waals surface area contributed by atoms with Crippen LogP contribution in [0.3, 0.4) is 0 Å². The molecule has 25 heavy (non-hydrogen) atoms. The molecule has 1 aliphatic rings. The highest BCUT2D eigenvalue weighted by Crippen LogP contribution is 2.10. The molecule has 0 radical (unpaired) electrons. The average molecular weight is 349 g/mol. The zero-order valence-corrected chi connectivity index (χ0v) is 14.4. The maximum Gasteiger partial charge on any atom is 0.251 e. The topological polar surface area (TPSA) is 78.5 Å². The van der Waals surface area contributed by atoms with Crippen molar-refractivity contribution in [1.29, 1.82) is 0 Å². The number of benzene rings is 1. The Bertz CT molecular complexity index is 648. The molecule has 0 aromatic heterocycles. The minimum atomic E-state index is -0.428. The van der Waals surface area contributed by atoms with E-state index in [1.54, 1.807) is 24.0 Å². The smallest absolute Gasteiger partial charge is 0.251 e. The normalized spacial score (nSPS) is 14.8. The van der Waals surface area contributed by atoms with Gasteiger partial charge in [-0.3, -0.25) is 14.4 Å². The van der Waals surface area contributed by atoms with Gasteiger partial charge in [0, 0.05) is 31.6 Å². The number of likely N-dealkylation sites (tertiary alicyclic amines) is 1. The lowest BCUT2D eigenvalue weighted by Gasteiger charge is -2.19. The highest BCUT2D eigenvalue weighted by Gasteiger charge is 2.18. The highest BCUT2D eigenvalue weighted by atomic mass is 19.1. The Balaban J connectivity index is 1.69. The van der Waals surface area contributed by atoms with Crippen molar-refractivity contribution < 1.29 is 18.8 Å². The fraction of sp³-hybridized carbons (Fsp3) is 0.500. The van der Waals surface area contributed by atoms with Crippen molar-refractivity contribution in [2.24, 2.45) is 0 Å². The molecule has 2 rings (SSSR count). The van der Waals surface area contributed by atoms with Crippen molar-refractivity contribution in [2.45, 2.75) is 32.6 Å². The average Bonchev–Trinajstić information content (AvgIpc) is 2.78. The molecular formula is C18H24FN3O3. The second-order valence-corrected chi connectivity index (χ2v) is 6.20. The highest BCUT2D eigenvalue weighted by molar-refractivity contribution is 5.94. The van der Waals surface area contributed by atoms with Crippen LogP contribution in [0.1, 0.15) is 41.6 Å². The van der Waals surface area contributed by atoms with E-state index in [9.17, 15) is 18.8 Å². The summed E-state index contributed by atoms with van der Waals surface area (Å²) in [5.74, 6) is -1.05. The Kier molecular flexibility index (Phi) is 6.91. The minimum Gasteiger partial charge on any atom is -0.353 e. The van der Waals surface area contributed by atoms with Gasteiger partial charge in [0.15, 0.2) is 0 Å². The summed E-state index contributed by atoms with van der Waals surface area (Å²) >= 11 is 0. The number of halogens is 1. The van der Waals surface area contributed by atoms with Gasteiger partial charge in [0.1, 0.15) is 5.82 Å². The van der Waals surface area contributed by atoms with E-state index in [0.29, 0.717) is 18.5 Å². The predicted octanol–water partition coefficient (Wildman–Crippen LogP) is 1.38. The summed E-state index contributed by atoms with van der Waals surface area (Å²) in [6.07, 6.45) is 3.30. The summed E-state index contributed by atoms with van der Waals surface area (Å²) in [4.78, 5) is 37.2. The molecule has 0 spiro atoms. The lowest BCUT2D eigenvalue weighted by atomic mass is 10.1. The monoisotopic (exact) mass is 349 g/mol. The van der Waals surface area contributed by atoms with E-state index in [1.807, 2.05) is 0 Å². The van der Waals surface area contributed by atoms with E-state index < -0.39 is 11.7 Å². The number of amides is 3. The van der Waals surface area contributed by atoms with Gasteiger partial charge in [-0.15, -0.1) is 0 Å². The Morgan fingerprint density at radius 2 is 1.92 bits per heavy atom. The van der Waals surface area contributed by atoms with Crippen LogP contribution in [0, 0.1) is 12.7 Å². The maximum atomic E-state index is 13.4. The molecule has 0 saturated carbocycles. The molecule has 0 aliphatic carbocycles. The molecule has 0 unspecified atom stereocenters. The van der Waals surface area contributed by atoms with Gasteiger partial charge < -0.3 is 15.5 Å². The van der Waals surface area contributed by atoms with Gasteiger partial charge in [0.25, 0.3) is 5.91 Å². The second-order valence-electron chi connectivity index (χ2n) is 6.20. The van der Waals surface area contributed by atoms with Crippen LogP contribution in [0.5, 0.6) is 0 Å². The molecular weight excluding hydrogens is 325 g/mol. The van der Waals surface area contributed by atoms with E-state index in [0.717, 1.165) is 19.3 Å².